The molecule has 2 atom stereocenters. The second-order valence-electron chi connectivity index (χ2n) is 6.97. The van der Waals surface area contributed by atoms with Crippen molar-refractivity contribution in [2.24, 2.45) is 5.92 Å². The SMILES string of the molecule is Cc1cccc(C(=O)NCC(=O)N2CCCCC2C2CNC(=O)C2)c1. The Morgan fingerprint density at radius 1 is 1.32 bits per heavy atom. The Balaban J connectivity index is 1.59. The Bertz CT molecular complexity index is 674. The van der Waals surface area contributed by atoms with Crippen molar-refractivity contribution < 1.29 is 14.4 Å². The molecule has 6 nitrogen and oxygen atoms in total. The summed E-state index contributed by atoms with van der Waals surface area (Å²) in [7, 11) is 0. The molecule has 2 aliphatic heterocycles. The highest BCUT2D eigenvalue weighted by molar-refractivity contribution is 5.96. The van der Waals surface area contributed by atoms with Crippen LogP contribution in [0.3, 0.4) is 0 Å². The van der Waals surface area contributed by atoms with Crippen LogP contribution in [0, 0.1) is 12.8 Å². The molecule has 2 N–H and O–H groups in total. The fraction of sp³-hybridized carbons (Fsp3) is 0.526. The summed E-state index contributed by atoms with van der Waals surface area (Å²) in [6, 6.07) is 7.40. The van der Waals surface area contributed by atoms with Crippen molar-refractivity contribution in [3.8, 4) is 0 Å². The van der Waals surface area contributed by atoms with E-state index in [1.165, 1.54) is 0 Å². The molecule has 3 rings (SSSR count). The van der Waals surface area contributed by atoms with E-state index in [2.05, 4.69) is 10.6 Å². The smallest absolute Gasteiger partial charge is 0.251 e. The number of piperidine rings is 1. The molecule has 0 radical (unpaired) electrons. The molecule has 2 heterocycles. The number of benzene rings is 1. The number of rotatable bonds is 4. The van der Waals surface area contributed by atoms with E-state index < -0.39 is 0 Å². The van der Waals surface area contributed by atoms with Crippen molar-refractivity contribution in [3.63, 3.8) is 0 Å². The molecule has 6 heteroatoms. The minimum Gasteiger partial charge on any atom is -0.356 e. The third-order valence-electron chi connectivity index (χ3n) is 5.10. The average Bonchev–Trinajstić information content (AvgIpc) is 3.05. The van der Waals surface area contributed by atoms with Crippen molar-refractivity contribution in [3.05, 3.63) is 35.4 Å². The van der Waals surface area contributed by atoms with Crippen LogP contribution >= 0.6 is 0 Å². The van der Waals surface area contributed by atoms with Crippen molar-refractivity contribution in [1.29, 1.82) is 0 Å². The van der Waals surface area contributed by atoms with E-state index in [0.717, 1.165) is 24.8 Å². The van der Waals surface area contributed by atoms with E-state index in [1.54, 1.807) is 12.1 Å². The van der Waals surface area contributed by atoms with Gasteiger partial charge in [0, 0.05) is 37.0 Å². The maximum Gasteiger partial charge on any atom is 0.251 e. The number of hydrogen-bond donors (Lipinski definition) is 2. The van der Waals surface area contributed by atoms with Crippen LogP contribution < -0.4 is 10.6 Å². The minimum absolute atomic E-state index is 0.00261. The Labute approximate surface area is 148 Å². The van der Waals surface area contributed by atoms with Gasteiger partial charge in [0.2, 0.25) is 11.8 Å². The van der Waals surface area contributed by atoms with Gasteiger partial charge in [-0.3, -0.25) is 14.4 Å². The van der Waals surface area contributed by atoms with Gasteiger partial charge in [0.25, 0.3) is 5.91 Å². The van der Waals surface area contributed by atoms with E-state index in [9.17, 15) is 14.4 Å². The van der Waals surface area contributed by atoms with E-state index in [4.69, 9.17) is 0 Å². The fourth-order valence-electron chi connectivity index (χ4n) is 3.80. The van der Waals surface area contributed by atoms with Crippen LogP contribution in [0.4, 0.5) is 0 Å². The molecule has 1 aromatic carbocycles. The van der Waals surface area contributed by atoms with Crippen molar-refractivity contribution in [1.82, 2.24) is 15.5 Å². The summed E-state index contributed by atoms with van der Waals surface area (Å²) in [6.45, 7) is 3.27. The molecule has 3 amide bonds. The highest BCUT2D eigenvalue weighted by atomic mass is 16.2. The predicted molar refractivity (Wildman–Crippen MR) is 94.0 cm³/mol. The van der Waals surface area contributed by atoms with E-state index in [0.29, 0.717) is 25.1 Å². The van der Waals surface area contributed by atoms with Crippen LogP contribution in [-0.2, 0) is 9.59 Å². The molecule has 2 fully saturated rings. The number of aryl methyl sites for hydroxylation is 1. The lowest BCUT2D eigenvalue weighted by Crippen LogP contribution is -2.51. The monoisotopic (exact) mass is 343 g/mol. The van der Waals surface area contributed by atoms with Crippen LogP contribution in [0.5, 0.6) is 0 Å². The lowest BCUT2D eigenvalue weighted by atomic mass is 9.89. The second kappa shape index (κ2) is 7.68. The number of hydrogen-bond acceptors (Lipinski definition) is 3. The maximum atomic E-state index is 12.7. The Morgan fingerprint density at radius 3 is 2.88 bits per heavy atom. The zero-order chi connectivity index (χ0) is 17.8. The van der Waals surface area contributed by atoms with Gasteiger partial charge in [-0.1, -0.05) is 17.7 Å². The third kappa shape index (κ3) is 4.18. The van der Waals surface area contributed by atoms with Gasteiger partial charge in [-0.15, -0.1) is 0 Å². The van der Waals surface area contributed by atoms with Crippen LogP contribution in [0.25, 0.3) is 0 Å². The predicted octanol–water partition coefficient (Wildman–Crippen LogP) is 1.24. The van der Waals surface area contributed by atoms with Crippen LogP contribution in [0.1, 0.15) is 41.6 Å². The van der Waals surface area contributed by atoms with Gasteiger partial charge in [0.1, 0.15) is 0 Å². The topological polar surface area (TPSA) is 78.5 Å². The van der Waals surface area contributed by atoms with Crippen molar-refractivity contribution in [2.45, 2.75) is 38.6 Å². The summed E-state index contributed by atoms with van der Waals surface area (Å²) >= 11 is 0. The standard InChI is InChI=1S/C19H25N3O3/c1-13-5-4-6-14(9-13)19(25)21-12-18(24)22-8-3-2-7-16(22)15-10-17(23)20-11-15/h4-6,9,15-16H,2-3,7-8,10-12H2,1H3,(H,20,23)(H,21,25). The van der Waals surface area contributed by atoms with Crippen LogP contribution in [0.2, 0.25) is 0 Å². The van der Waals surface area contributed by atoms with E-state index >= 15 is 0 Å². The molecule has 1 aromatic rings. The number of carbonyl (C=O) groups excluding carboxylic acids is 3. The molecule has 134 valence electrons. The molecule has 0 saturated carbocycles. The first kappa shape index (κ1) is 17.5. The Hall–Kier alpha value is -2.37. The Morgan fingerprint density at radius 2 is 2.16 bits per heavy atom. The number of nitrogens with one attached hydrogen (secondary N) is 2. The molecule has 0 spiro atoms. The number of carbonyl (C=O) groups is 3. The molecule has 0 aliphatic carbocycles. The van der Waals surface area contributed by atoms with E-state index in [-0.39, 0.29) is 36.2 Å². The fourth-order valence-corrected chi connectivity index (χ4v) is 3.80. The van der Waals surface area contributed by atoms with Crippen molar-refractivity contribution >= 4 is 17.7 Å². The molecule has 0 aromatic heterocycles. The van der Waals surface area contributed by atoms with Gasteiger partial charge < -0.3 is 15.5 Å². The van der Waals surface area contributed by atoms with E-state index in [1.807, 2.05) is 24.0 Å². The highest BCUT2D eigenvalue weighted by Gasteiger charge is 2.36. The van der Waals surface area contributed by atoms with Gasteiger partial charge in [-0.05, 0) is 38.3 Å². The molecule has 2 saturated heterocycles. The summed E-state index contributed by atoms with van der Waals surface area (Å²) in [5.74, 6) is -0.0479. The zero-order valence-electron chi connectivity index (χ0n) is 14.6. The third-order valence-corrected chi connectivity index (χ3v) is 5.10. The van der Waals surface area contributed by atoms with Gasteiger partial charge in [-0.2, -0.15) is 0 Å². The van der Waals surface area contributed by atoms with Gasteiger partial charge >= 0.3 is 0 Å². The lowest BCUT2D eigenvalue weighted by molar-refractivity contribution is -0.135. The van der Waals surface area contributed by atoms with Crippen LogP contribution in [0.15, 0.2) is 24.3 Å². The summed E-state index contributed by atoms with van der Waals surface area (Å²) in [4.78, 5) is 38.3. The number of amides is 3. The summed E-state index contributed by atoms with van der Waals surface area (Å²) in [6.07, 6.45) is 3.47. The molecular weight excluding hydrogens is 318 g/mol. The van der Waals surface area contributed by atoms with Gasteiger partial charge in [0.15, 0.2) is 0 Å². The first-order valence-corrected chi connectivity index (χ1v) is 8.95. The second-order valence-corrected chi connectivity index (χ2v) is 6.97. The van der Waals surface area contributed by atoms with Crippen LogP contribution in [-0.4, -0.2) is 48.3 Å². The zero-order valence-corrected chi connectivity index (χ0v) is 14.6. The highest BCUT2D eigenvalue weighted by Crippen LogP contribution is 2.27. The molecule has 2 unspecified atom stereocenters. The molecular formula is C19H25N3O3. The Kier molecular flexibility index (Phi) is 5.36. The first-order chi connectivity index (χ1) is 12.0. The largest absolute Gasteiger partial charge is 0.356 e. The maximum absolute atomic E-state index is 12.7. The quantitative estimate of drug-likeness (QED) is 0.863. The van der Waals surface area contributed by atoms with Crippen molar-refractivity contribution in [2.75, 3.05) is 19.6 Å². The first-order valence-electron chi connectivity index (χ1n) is 8.95. The van der Waals surface area contributed by atoms with Gasteiger partial charge in [-0.25, -0.2) is 0 Å². The lowest BCUT2D eigenvalue weighted by Gasteiger charge is -2.38. The van der Waals surface area contributed by atoms with Gasteiger partial charge in [0.05, 0.1) is 6.54 Å². The molecule has 2 aliphatic rings. The normalized spacial score (nSPS) is 23.2. The number of likely N-dealkylation sites (tertiary alicyclic amines) is 1. The summed E-state index contributed by atoms with van der Waals surface area (Å²) in [5, 5.41) is 5.59. The average molecular weight is 343 g/mol. The number of nitrogens with zero attached hydrogens (tertiary/aromatic N) is 1. The minimum atomic E-state index is -0.233. The molecule has 0 bridgehead atoms. The molecule has 25 heavy (non-hydrogen) atoms. The summed E-state index contributed by atoms with van der Waals surface area (Å²) < 4.78 is 0. The summed E-state index contributed by atoms with van der Waals surface area (Å²) in [5.41, 5.74) is 1.57.